The molecule has 0 unspecified atom stereocenters. The number of rotatable bonds is 6. The highest BCUT2D eigenvalue weighted by Gasteiger charge is 2.41. The summed E-state index contributed by atoms with van der Waals surface area (Å²) < 4.78 is 0. The van der Waals surface area contributed by atoms with Gasteiger partial charge in [0, 0.05) is 12.7 Å². The maximum absolute atomic E-state index is 5.78. The number of nitrogens with zero attached hydrogens (tertiary/aromatic N) is 1. The second-order valence-electron chi connectivity index (χ2n) is 5.32. The molecule has 0 amide bonds. The third kappa shape index (κ3) is 2.80. The predicted octanol–water partition coefficient (Wildman–Crippen LogP) is 3.02. The van der Waals surface area contributed by atoms with Crippen LogP contribution < -0.4 is 11.1 Å². The average Bonchev–Trinajstić information content (AvgIpc) is 3.07. The molecule has 1 heterocycles. The third-order valence-electron chi connectivity index (χ3n) is 3.77. The molecule has 2 rings (SSSR count). The van der Waals surface area contributed by atoms with Crippen molar-refractivity contribution in [3.63, 3.8) is 0 Å². The van der Waals surface area contributed by atoms with Crippen LogP contribution in [0.25, 0.3) is 0 Å². The number of nitrogens with one attached hydrogen (secondary N) is 1. The highest BCUT2D eigenvalue weighted by Crippen LogP contribution is 2.49. The van der Waals surface area contributed by atoms with Crippen molar-refractivity contribution in [1.82, 2.24) is 4.98 Å². The fourth-order valence-electron chi connectivity index (χ4n) is 2.50. The van der Waals surface area contributed by atoms with E-state index >= 15 is 0 Å². The van der Waals surface area contributed by atoms with Gasteiger partial charge in [0.2, 0.25) is 0 Å². The van der Waals surface area contributed by atoms with Crippen LogP contribution in [0.15, 0.2) is 12.3 Å². The molecular formula is C14H21N3S. The van der Waals surface area contributed by atoms with Crippen LogP contribution in [-0.4, -0.2) is 16.5 Å². The van der Waals surface area contributed by atoms with Gasteiger partial charge >= 0.3 is 0 Å². The number of aryl methyl sites for hydroxylation is 1. The number of nitrogens with two attached hydrogens (primary N) is 1. The van der Waals surface area contributed by atoms with Gasteiger partial charge in [-0.2, -0.15) is 0 Å². The van der Waals surface area contributed by atoms with Crippen molar-refractivity contribution in [1.29, 1.82) is 0 Å². The van der Waals surface area contributed by atoms with Crippen molar-refractivity contribution < 1.29 is 0 Å². The molecular weight excluding hydrogens is 242 g/mol. The topological polar surface area (TPSA) is 50.9 Å². The Kier molecular flexibility index (Phi) is 3.85. The van der Waals surface area contributed by atoms with Gasteiger partial charge in [-0.1, -0.05) is 25.6 Å². The minimum atomic E-state index is 0.420. The molecule has 1 aromatic heterocycles. The van der Waals surface area contributed by atoms with Crippen LogP contribution in [0.1, 0.15) is 43.7 Å². The normalized spacial score (nSPS) is 16.3. The Bertz CT molecular complexity index is 452. The molecule has 1 aliphatic carbocycles. The summed E-state index contributed by atoms with van der Waals surface area (Å²) >= 11 is 5.11. The van der Waals surface area contributed by atoms with Gasteiger partial charge < -0.3 is 11.1 Å². The minimum absolute atomic E-state index is 0.420. The smallest absolute Gasteiger partial charge is 0.136 e. The highest BCUT2D eigenvalue weighted by atomic mass is 32.1. The quantitative estimate of drug-likeness (QED) is 0.775. The van der Waals surface area contributed by atoms with Crippen LogP contribution in [0, 0.1) is 12.3 Å². The Labute approximate surface area is 114 Å². The van der Waals surface area contributed by atoms with Crippen LogP contribution in [0.4, 0.5) is 5.82 Å². The van der Waals surface area contributed by atoms with E-state index in [4.69, 9.17) is 18.0 Å². The monoisotopic (exact) mass is 263 g/mol. The zero-order valence-corrected chi connectivity index (χ0v) is 11.9. The molecule has 0 atom stereocenters. The first-order chi connectivity index (χ1) is 8.58. The predicted molar refractivity (Wildman–Crippen MR) is 79.9 cm³/mol. The van der Waals surface area contributed by atoms with E-state index in [-0.39, 0.29) is 0 Å². The number of hydrogen-bond acceptors (Lipinski definition) is 3. The van der Waals surface area contributed by atoms with Gasteiger partial charge in [0.1, 0.15) is 10.8 Å². The van der Waals surface area contributed by atoms with E-state index < -0.39 is 0 Å². The van der Waals surface area contributed by atoms with Gasteiger partial charge in [-0.15, -0.1) is 0 Å². The molecule has 98 valence electrons. The van der Waals surface area contributed by atoms with E-state index in [0.717, 1.165) is 23.5 Å². The first-order valence-electron chi connectivity index (χ1n) is 6.57. The largest absolute Gasteiger partial charge is 0.389 e. The Balaban J connectivity index is 2.10. The van der Waals surface area contributed by atoms with Gasteiger partial charge in [-0.3, -0.25) is 0 Å². The van der Waals surface area contributed by atoms with E-state index in [1.807, 2.05) is 13.0 Å². The van der Waals surface area contributed by atoms with Gasteiger partial charge in [0.15, 0.2) is 0 Å². The maximum Gasteiger partial charge on any atom is 0.136 e. The van der Waals surface area contributed by atoms with E-state index in [9.17, 15) is 0 Å². The van der Waals surface area contributed by atoms with E-state index in [1.165, 1.54) is 25.7 Å². The van der Waals surface area contributed by atoms with Crippen molar-refractivity contribution in [3.05, 3.63) is 23.4 Å². The van der Waals surface area contributed by atoms with Crippen LogP contribution in [0.5, 0.6) is 0 Å². The van der Waals surface area contributed by atoms with E-state index in [2.05, 4.69) is 17.2 Å². The van der Waals surface area contributed by atoms with Crippen molar-refractivity contribution >= 4 is 23.0 Å². The summed E-state index contributed by atoms with van der Waals surface area (Å²) in [6.45, 7) is 5.23. The number of pyridine rings is 1. The first kappa shape index (κ1) is 13.3. The van der Waals surface area contributed by atoms with Crippen molar-refractivity contribution in [2.24, 2.45) is 11.1 Å². The second-order valence-corrected chi connectivity index (χ2v) is 5.76. The molecule has 0 bridgehead atoms. The standard InChI is InChI=1S/C14H21N3S/c1-3-5-14(6-7-14)9-17-13-11(12(15)18)10(2)4-8-16-13/h4,8H,3,5-7,9H2,1-2H3,(H2,15,18)(H,16,17). The van der Waals surface area contributed by atoms with Crippen molar-refractivity contribution in [3.8, 4) is 0 Å². The SMILES string of the molecule is CCCC1(CNc2nccc(C)c2C(N)=S)CC1. The molecule has 3 nitrogen and oxygen atoms in total. The Hall–Kier alpha value is -1.16. The van der Waals surface area contributed by atoms with Crippen LogP contribution in [0.2, 0.25) is 0 Å². The summed E-state index contributed by atoms with van der Waals surface area (Å²) in [5.41, 5.74) is 8.25. The summed E-state index contributed by atoms with van der Waals surface area (Å²) in [7, 11) is 0. The van der Waals surface area contributed by atoms with Gasteiger partial charge in [-0.05, 0) is 43.2 Å². The zero-order valence-electron chi connectivity index (χ0n) is 11.1. The van der Waals surface area contributed by atoms with Crippen LogP contribution in [-0.2, 0) is 0 Å². The van der Waals surface area contributed by atoms with Crippen molar-refractivity contribution in [2.45, 2.75) is 39.5 Å². The number of thiocarbonyl (C=S) groups is 1. The molecule has 4 heteroatoms. The molecule has 0 radical (unpaired) electrons. The molecule has 3 N–H and O–H groups in total. The first-order valence-corrected chi connectivity index (χ1v) is 6.98. The minimum Gasteiger partial charge on any atom is -0.389 e. The third-order valence-corrected chi connectivity index (χ3v) is 3.98. The Morgan fingerprint density at radius 1 is 1.56 bits per heavy atom. The van der Waals surface area contributed by atoms with Gasteiger partial charge in [0.25, 0.3) is 0 Å². The Morgan fingerprint density at radius 3 is 2.83 bits per heavy atom. The average molecular weight is 263 g/mol. The lowest BCUT2D eigenvalue weighted by Gasteiger charge is -2.17. The summed E-state index contributed by atoms with van der Waals surface area (Å²) in [5.74, 6) is 0.838. The lowest BCUT2D eigenvalue weighted by molar-refractivity contribution is 0.485. The molecule has 0 saturated heterocycles. The molecule has 1 aliphatic rings. The fraction of sp³-hybridized carbons (Fsp3) is 0.571. The zero-order chi connectivity index (χ0) is 13.2. The van der Waals surface area contributed by atoms with Crippen molar-refractivity contribution in [2.75, 3.05) is 11.9 Å². The molecule has 1 saturated carbocycles. The highest BCUT2D eigenvalue weighted by molar-refractivity contribution is 7.80. The van der Waals surface area contributed by atoms with E-state index in [1.54, 1.807) is 6.20 Å². The van der Waals surface area contributed by atoms with E-state index in [0.29, 0.717) is 10.4 Å². The maximum atomic E-state index is 5.78. The number of anilines is 1. The summed E-state index contributed by atoms with van der Waals surface area (Å²) in [6, 6.07) is 1.94. The molecule has 0 aromatic carbocycles. The lowest BCUT2D eigenvalue weighted by Crippen LogP contribution is -2.20. The van der Waals surface area contributed by atoms with Crippen LogP contribution in [0.3, 0.4) is 0 Å². The molecule has 0 aliphatic heterocycles. The Morgan fingerprint density at radius 2 is 2.28 bits per heavy atom. The fourth-order valence-corrected chi connectivity index (χ4v) is 2.75. The van der Waals surface area contributed by atoms with Gasteiger partial charge in [0.05, 0.1) is 5.56 Å². The molecule has 1 fully saturated rings. The summed E-state index contributed by atoms with van der Waals surface area (Å²) in [6.07, 6.45) is 6.97. The number of aromatic nitrogens is 1. The molecule has 18 heavy (non-hydrogen) atoms. The molecule has 0 spiro atoms. The summed E-state index contributed by atoms with van der Waals surface area (Å²) in [5, 5.41) is 3.44. The molecule has 1 aromatic rings. The lowest BCUT2D eigenvalue weighted by atomic mass is 10.0. The second kappa shape index (κ2) is 5.22. The van der Waals surface area contributed by atoms with Gasteiger partial charge in [-0.25, -0.2) is 4.98 Å². The summed E-state index contributed by atoms with van der Waals surface area (Å²) in [4.78, 5) is 4.79. The number of hydrogen-bond donors (Lipinski definition) is 2. The van der Waals surface area contributed by atoms with Crippen LogP contribution >= 0.6 is 12.2 Å².